The number of benzene rings is 2. The molecule has 1 N–H and O–H groups in total. The summed E-state index contributed by atoms with van der Waals surface area (Å²) in [4.78, 5) is 52.3. The topological polar surface area (TPSA) is 86.8 Å². The number of rotatable bonds is 6. The van der Waals surface area contributed by atoms with Crippen molar-refractivity contribution in [2.75, 3.05) is 6.54 Å². The first-order valence-electron chi connectivity index (χ1n) is 10.3. The normalized spacial score (nSPS) is 15.9. The molecule has 0 radical (unpaired) electrons. The van der Waals surface area contributed by atoms with E-state index in [1.807, 2.05) is 0 Å². The summed E-state index contributed by atoms with van der Waals surface area (Å²) in [5.74, 6) is -4.73. The molecule has 1 unspecified atom stereocenters. The van der Waals surface area contributed by atoms with Crippen molar-refractivity contribution < 1.29 is 32.3 Å². The maximum absolute atomic E-state index is 14.0. The van der Waals surface area contributed by atoms with Crippen molar-refractivity contribution in [1.29, 1.82) is 0 Å². The molecule has 0 spiro atoms. The van der Waals surface area contributed by atoms with Crippen molar-refractivity contribution in [3.8, 4) is 0 Å². The van der Waals surface area contributed by atoms with Gasteiger partial charge in [-0.15, -0.1) is 0 Å². The maximum atomic E-state index is 14.0. The summed E-state index contributed by atoms with van der Waals surface area (Å²) in [5.41, 5.74) is -2.40. The molecule has 7 nitrogen and oxygen atoms in total. The van der Waals surface area contributed by atoms with Gasteiger partial charge >= 0.3 is 6.18 Å². The van der Waals surface area contributed by atoms with E-state index in [1.165, 1.54) is 37.4 Å². The second-order valence-electron chi connectivity index (χ2n) is 7.79. The number of alkyl halides is 3. The minimum Gasteiger partial charge on any atom is -0.326 e. The van der Waals surface area contributed by atoms with Gasteiger partial charge in [0.05, 0.1) is 5.70 Å². The van der Waals surface area contributed by atoms with E-state index in [0.717, 1.165) is 11.8 Å². The first kappa shape index (κ1) is 24.7. The third-order valence-corrected chi connectivity index (χ3v) is 5.25. The molecule has 0 bridgehead atoms. The van der Waals surface area contributed by atoms with Crippen molar-refractivity contribution >= 4 is 29.2 Å². The second kappa shape index (κ2) is 9.50. The Morgan fingerprint density at radius 3 is 2.00 bits per heavy atom. The Kier molecular flexibility index (Phi) is 6.90. The van der Waals surface area contributed by atoms with Crippen molar-refractivity contribution in [1.82, 2.24) is 15.1 Å². The standard InChI is InChI=1S/C24H22F3N3O4/c1-16(31)28-23(22(34)24(25,26)27,13-18-9-5-3-6-10-18)30-20(19-11-7-4-8-12-19)14-29(17(2)32)15-21(30)33/h3-12,14H,13,15H2,1-2H3,(H,28,31). The quantitative estimate of drug-likeness (QED) is 0.699. The molecule has 3 amide bonds. The van der Waals surface area contributed by atoms with Gasteiger partial charge in [-0.25, -0.2) is 0 Å². The Bertz CT molecular complexity index is 1130. The van der Waals surface area contributed by atoms with Gasteiger partial charge in [-0.1, -0.05) is 60.7 Å². The molecule has 178 valence electrons. The third kappa shape index (κ3) is 5.00. The highest BCUT2D eigenvalue weighted by Gasteiger charge is 2.59. The lowest BCUT2D eigenvalue weighted by atomic mass is 9.90. The highest BCUT2D eigenvalue weighted by atomic mass is 19.4. The van der Waals surface area contributed by atoms with Crippen LogP contribution in [-0.2, 0) is 25.6 Å². The summed E-state index contributed by atoms with van der Waals surface area (Å²) in [6, 6.07) is 15.6. The van der Waals surface area contributed by atoms with E-state index in [0.29, 0.717) is 4.90 Å². The molecule has 0 saturated heterocycles. The van der Waals surface area contributed by atoms with Crippen LogP contribution in [0.2, 0.25) is 0 Å². The zero-order valence-electron chi connectivity index (χ0n) is 18.4. The number of Topliss-reactive ketones (excluding diaryl/α,β-unsaturated/α-hetero) is 1. The molecule has 1 atom stereocenters. The van der Waals surface area contributed by atoms with Gasteiger partial charge in [0.2, 0.25) is 17.7 Å². The van der Waals surface area contributed by atoms with Crippen molar-refractivity contribution in [3.63, 3.8) is 0 Å². The minimum atomic E-state index is -5.39. The number of carbonyl (C=O) groups excluding carboxylic acids is 4. The van der Waals surface area contributed by atoms with E-state index in [1.54, 1.807) is 36.4 Å². The fourth-order valence-electron chi connectivity index (χ4n) is 3.87. The molecule has 2 aromatic rings. The zero-order valence-corrected chi connectivity index (χ0v) is 18.4. The summed E-state index contributed by atoms with van der Waals surface area (Å²) < 4.78 is 42.0. The fourth-order valence-corrected chi connectivity index (χ4v) is 3.87. The second-order valence-corrected chi connectivity index (χ2v) is 7.79. The number of nitrogens with zero attached hydrogens (tertiary/aromatic N) is 2. The molecule has 1 aliphatic rings. The molecule has 0 aromatic heterocycles. The Morgan fingerprint density at radius 2 is 1.50 bits per heavy atom. The van der Waals surface area contributed by atoms with Crippen molar-refractivity contribution in [2.45, 2.75) is 32.1 Å². The number of ketones is 1. The molecule has 10 heteroatoms. The van der Waals surface area contributed by atoms with E-state index in [-0.39, 0.29) is 16.8 Å². The van der Waals surface area contributed by atoms with Crippen LogP contribution >= 0.6 is 0 Å². The first-order chi connectivity index (χ1) is 16.0. The van der Waals surface area contributed by atoms with E-state index in [9.17, 15) is 32.3 Å². The van der Waals surface area contributed by atoms with Crippen molar-refractivity contribution in [3.05, 3.63) is 78.0 Å². The molecule has 0 aliphatic carbocycles. The van der Waals surface area contributed by atoms with E-state index >= 15 is 0 Å². The molecule has 34 heavy (non-hydrogen) atoms. The van der Waals surface area contributed by atoms with Gasteiger partial charge < -0.3 is 10.2 Å². The number of hydrogen-bond donors (Lipinski definition) is 1. The van der Waals surface area contributed by atoms with Gasteiger partial charge in [0, 0.05) is 26.5 Å². The van der Waals surface area contributed by atoms with Gasteiger partial charge in [-0.3, -0.25) is 24.1 Å². The summed E-state index contributed by atoms with van der Waals surface area (Å²) in [5, 5.41) is 2.14. The molecular formula is C24H22F3N3O4. The van der Waals surface area contributed by atoms with Crippen molar-refractivity contribution in [2.24, 2.45) is 0 Å². The van der Waals surface area contributed by atoms with Gasteiger partial charge in [-0.05, 0) is 11.1 Å². The largest absolute Gasteiger partial charge is 0.454 e. The van der Waals surface area contributed by atoms with Crippen LogP contribution in [0.1, 0.15) is 25.0 Å². The van der Waals surface area contributed by atoms with Crippen LogP contribution in [0.25, 0.3) is 5.70 Å². The summed E-state index contributed by atoms with van der Waals surface area (Å²) in [6.07, 6.45) is -4.83. The smallest absolute Gasteiger partial charge is 0.326 e. The number of amides is 3. The lowest BCUT2D eigenvalue weighted by Crippen LogP contribution is -2.71. The predicted molar refractivity (Wildman–Crippen MR) is 116 cm³/mol. The monoisotopic (exact) mass is 473 g/mol. The SMILES string of the molecule is CC(=O)NC(Cc1ccccc1)(C(=O)C(F)(F)F)N1C(=O)CN(C(C)=O)C=C1c1ccccc1. The fraction of sp³-hybridized carbons (Fsp3) is 0.250. The lowest BCUT2D eigenvalue weighted by Gasteiger charge is -2.46. The molecular weight excluding hydrogens is 451 g/mol. The number of nitrogens with one attached hydrogen (secondary N) is 1. The molecule has 2 aromatic carbocycles. The summed E-state index contributed by atoms with van der Waals surface area (Å²) >= 11 is 0. The first-order valence-corrected chi connectivity index (χ1v) is 10.3. The van der Waals surface area contributed by atoms with Gasteiger partial charge in [0.15, 0.2) is 5.66 Å². The van der Waals surface area contributed by atoms with Crippen LogP contribution in [0.15, 0.2) is 66.9 Å². The van der Waals surface area contributed by atoms with E-state index in [4.69, 9.17) is 0 Å². The zero-order chi connectivity index (χ0) is 25.1. The van der Waals surface area contributed by atoms with E-state index in [2.05, 4.69) is 5.32 Å². The van der Waals surface area contributed by atoms with Crippen LogP contribution in [0.5, 0.6) is 0 Å². The van der Waals surface area contributed by atoms with Crippen LogP contribution in [-0.4, -0.2) is 51.7 Å². The van der Waals surface area contributed by atoms with Crippen LogP contribution in [0.3, 0.4) is 0 Å². The molecule has 1 heterocycles. The maximum Gasteiger partial charge on any atom is 0.454 e. The highest BCUT2D eigenvalue weighted by Crippen LogP contribution is 2.37. The molecule has 3 rings (SSSR count). The third-order valence-electron chi connectivity index (χ3n) is 5.25. The number of halogens is 3. The lowest BCUT2D eigenvalue weighted by molar-refractivity contribution is -0.186. The number of hydrogen-bond acceptors (Lipinski definition) is 4. The Hall–Kier alpha value is -3.95. The van der Waals surface area contributed by atoms with Gasteiger partial charge in [-0.2, -0.15) is 13.2 Å². The molecule has 0 saturated carbocycles. The van der Waals surface area contributed by atoms with Crippen LogP contribution in [0.4, 0.5) is 13.2 Å². The van der Waals surface area contributed by atoms with Crippen LogP contribution in [0, 0.1) is 0 Å². The highest BCUT2D eigenvalue weighted by molar-refractivity contribution is 6.04. The Balaban J connectivity index is 2.33. The Labute approximate surface area is 193 Å². The van der Waals surface area contributed by atoms with Gasteiger partial charge in [0.25, 0.3) is 5.78 Å². The predicted octanol–water partition coefficient (Wildman–Crippen LogP) is 2.88. The minimum absolute atomic E-state index is 0.130. The van der Waals surface area contributed by atoms with Crippen LogP contribution < -0.4 is 5.32 Å². The summed E-state index contributed by atoms with van der Waals surface area (Å²) in [7, 11) is 0. The molecule has 0 fully saturated rings. The summed E-state index contributed by atoms with van der Waals surface area (Å²) in [6.45, 7) is 1.56. The molecule has 1 aliphatic heterocycles. The van der Waals surface area contributed by atoms with E-state index < -0.39 is 48.3 Å². The Morgan fingerprint density at radius 1 is 0.941 bits per heavy atom. The number of carbonyl (C=O) groups is 4. The average Bonchev–Trinajstić information content (AvgIpc) is 2.77. The van der Waals surface area contributed by atoms with Gasteiger partial charge in [0.1, 0.15) is 6.54 Å². The average molecular weight is 473 g/mol.